The molecule has 2 rings (SSSR count). The molecule has 1 aromatic rings. The third-order valence-corrected chi connectivity index (χ3v) is 2.76. The number of amides is 1. The van der Waals surface area contributed by atoms with E-state index in [4.69, 9.17) is 4.52 Å². The molecular weight excluding hydrogens is 180 g/mol. The number of likely N-dealkylation sites (tertiary alicyclic amines) is 1. The maximum Gasteiger partial charge on any atom is 0.292 e. The lowest BCUT2D eigenvalue weighted by Crippen LogP contribution is -2.34. The second kappa shape index (κ2) is 3.82. The van der Waals surface area contributed by atoms with Crippen LogP contribution in [0.1, 0.15) is 36.7 Å². The van der Waals surface area contributed by atoms with E-state index in [1.165, 1.54) is 6.20 Å². The SMILES string of the molecule is CC[C@@H]1CCCN1C(=O)c1ccno1. The molecule has 1 amide bonds. The average molecular weight is 194 g/mol. The van der Waals surface area contributed by atoms with E-state index >= 15 is 0 Å². The van der Waals surface area contributed by atoms with Gasteiger partial charge in [0.05, 0.1) is 6.20 Å². The molecule has 1 aromatic heterocycles. The van der Waals surface area contributed by atoms with Crippen molar-refractivity contribution in [2.24, 2.45) is 0 Å². The van der Waals surface area contributed by atoms with Gasteiger partial charge in [0.15, 0.2) is 0 Å². The molecule has 1 aliphatic rings. The predicted molar refractivity (Wildman–Crippen MR) is 50.9 cm³/mol. The second-order valence-electron chi connectivity index (χ2n) is 3.58. The van der Waals surface area contributed by atoms with Gasteiger partial charge >= 0.3 is 0 Å². The first kappa shape index (κ1) is 9.24. The number of aromatic nitrogens is 1. The van der Waals surface area contributed by atoms with Crippen LogP contribution in [0.2, 0.25) is 0 Å². The van der Waals surface area contributed by atoms with Gasteiger partial charge in [-0.05, 0) is 19.3 Å². The minimum absolute atomic E-state index is 0.0214. The third kappa shape index (κ3) is 1.52. The zero-order valence-corrected chi connectivity index (χ0v) is 8.27. The van der Waals surface area contributed by atoms with E-state index in [0.717, 1.165) is 25.8 Å². The number of carbonyl (C=O) groups is 1. The van der Waals surface area contributed by atoms with Crippen LogP contribution in [-0.4, -0.2) is 28.6 Å². The van der Waals surface area contributed by atoms with Crippen molar-refractivity contribution in [2.75, 3.05) is 6.54 Å². The largest absolute Gasteiger partial charge is 0.351 e. The molecule has 4 nitrogen and oxygen atoms in total. The summed E-state index contributed by atoms with van der Waals surface area (Å²) in [4.78, 5) is 13.8. The van der Waals surface area contributed by atoms with Crippen molar-refractivity contribution < 1.29 is 9.32 Å². The van der Waals surface area contributed by atoms with Gasteiger partial charge in [-0.3, -0.25) is 4.79 Å². The average Bonchev–Trinajstić information content (AvgIpc) is 2.87. The first-order chi connectivity index (χ1) is 6.83. The summed E-state index contributed by atoms with van der Waals surface area (Å²) in [5, 5.41) is 3.54. The van der Waals surface area contributed by atoms with Crippen LogP contribution in [0.3, 0.4) is 0 Å². The summed E-state index contributed by atoms with van der Waals surface area (Å²) in [6.45, 7) is 2.95. The molecule has 0 N–H and O–H groups in total. The molecule has 0 saturated carbocycles. The number of rotatable bonds is 2. The lowest BCUT2D eigenvalue weighted by molar-refractivity contribution is 0.0691. The summed E-state index contributed by atoms with van der Waals surface area (Å²) in [7, 11) is 0. The van der Waals surface area contributed by atoms with Gasteiger partial charge in [-0.1, -0.05) is 12.1 Å². The Morgan fingerprint density at radius 3 is 3.29 bits per heavy atom. The molecule has 76 valence electrons. The van der Waals surface area contributed by atoms with Gasteiger partial charge in [0.2, 0.25) is 5.76 Å². The van der Waals surface area contributed by atoms with Crippen LogP contribution < -0.4 is 0 Å². The fourth-order valence-electron chi connectivity index (χ4n) is 2.00. The van der Waals surface area contributed by atoms with Crippen molar-refractivity contribution in [1.82, 2.24) is 10.1 Å². The minimum Gasteiger partial charge on any atom is -0.351 e. The fourth-order valence-corrected chi connectivity index (χ4v) is 2.00. The molecule has 1 aliphatic heterocycles. The summed E-state index contributed by atoms with van der Waals surface area (Å²) in [6, 6.07) is 2.00. The second-order valence-corrected chi connectivity index (χ2v) is 3.58. The van der Waals surface area contributed by atoms with Crippen LogP contribution in [0.25, 0.3) is 0 Å². The Hall–Kier alpha value is -1.32. The molecule has 1 fully saturated rings. The Bertz CT molecular complexity index is 308. The molecule has 2 heterocycles. The fraction of sp³-hybridized carbons (Fsp3) is 0.600. The van der Waals surface area contributed by atoms with E-state index < -0.39 is 0 Å². The van der Waals surface area contributed by atoms with Crippen LogP contribution in [0.5, 0.6) is 0 Å². The molecule has 0 aliphatic carbocycles. The molecule has 0 spiro atoms. The monoisotopic (exact) mass is 194 g/mol. The van der Waals surface area contributed by atoms with Gasteiger partial charge in [-0.25, -0.2) is 0 Å². The highest BCUT2D eigenvalue weighted by molar-refractivity contribution is 5.91. The van der Waals surface area contributed by atoms with Crippen molar-refractivity contribution in [1.29, 1.82) is 0 Å². The Labute approximate surface area is 82.9 Å². The summed E-state index contributed by atoms with van der Waals surface area (Å²) >= 11 is 0. The molecular formula is C10H14N2O2. The minimum atomic E-state index is -0.0214. The van der Waals surface area contributed by atoms with E-state index in [1.54, 1.807) is 6.07 Å². The van der Waals surface area contributed by atoms with Crippen LogP contribution in [0, 0.1) is 0 Å². The first-order valence-corrected chi connectivity index (χ1v) is 5.04. The van der Waals surface area contributed by atoms with Gasteiger partial charge in [0.1, 0.15) is 0 Å². The lowest BCUT2D eigenvalue weighted by atomic mass is 10.1. The molecule has 0 radical (unpaired) electrons. The van der Waals surface area contributed by atoms with E-state index in [-0.39, 0.29) is 5.91 Å². The molecule has 0 unspecified atom stereocenters. The van der Waals surface area contributed by atoms with Crippen molar-refractivity contribution in [2.45, 2.75) is 32.2 Å². The van der Waals surface area contributed by atoms with Gasteiger partial charge in [-0.15, -0.1) is 0 Å². The van der Waals surface area contributed by atoms with Crippen LogP contribution in [0.15, 0.2) is 16.8 Å². The van der Waals surface area contributed by atoms with Gasteiger partial charge in [0.25, 0.3) is 5.91 Å². The van der Waals surface area contributed by atoms with Gasteiger partial charge < -0.3 is 9.42 Å². The Balaban J connectivity index is 2.11. The molecule has 0 bridgehead atoms. The number of hydrogen-bond donors (Lipinski definition) is 0. The molecule has 1 atom stereocenters. The quantitative estimate of drug-likeness (QED) is 0.719. The summed E-state index contributed by atoms with van der Waals surface area (Å²) in [6.07, 6.45) is 4.72. The summed E-state index contributed by atoms with van der Waals surface area (Å²) in [5.74, 6) is 0.331. The predicted octanol–water partition coefficient (Wildman–Crippen LogP) is 1.69. The highest BCUT2D eigenvalue weighted by atomic mass is 16.5. The number of nitrogens with zero attached hydrogens (tertiary/aromatic N) is 2. The molecule has 0 aromatic carbocycles. The van der Waals surface area contributed by atoms with Crippen molar-refractivity contribution in [3.8, 4) is 0 Å². The zero-order chi connectivity index (χ0) is 9.97. The summed E-state index contributed by atoms with van der Waals surface area (Å²) < 4.78 is 4.86. The molecule has 14 heavy (non-hydrogen) atoms. The highest BCUT2D eigenvalue weighted by Crippen LogP contribution is 2.21. The van der Waals surface area contributed by atoms with Crippen LogP contribution in [-0.2, 0) is 0 Å². The Morgan fingerprint density at radius 1 is 1.79 bits per heavy atom. The van der Waals surface area contributed by atoms with Crippen LogP contribution >= 0.6 is 0 Å². The zero-order valence-electron chi connectivity index (χ0n) is 8.27. The van der Waals surface area contributed by atoms with Crippen molar-refractivity contribution in [3.05, 3.63) is 18.0 Å². The van der Waals surface area contributed by atoms with Crippen LogP contribution in [0.4, 0.5) is 0 Å². The van der Waals surface area contributed by atoms with E-state index in [0.29, 0.717) is 11.8 Å². The number of carbonyl (C=O) groups excluding carboxylic acids is 1. The maximum absolute atomic E-state index is 11.9. The highest BCUT2D eigenvalue weighted by Gasteiger charge is 2.29. The molecule has 4 heteroatoms. The maximum atomic E-state index is 11.9. The standard InChI is InChI=1S/C10H14N2O2/c1-2-8-4-3-7-12(8)10(13)9-5-6-11-14-9/h5-6,8H,2-4,7H2,1H3/t8-/m1/s1. The van der Waals surface area contributed by atoms with E-state index in [2.05, 4.69) is 12.1 Å². The smallest absolute Gasteiger partial charge is 0.292 e. The van der Waals surface area contributed by atoms with Crippen molar-refractivity contribution >= 4 is 5.91 Å². The Kier molecular flexibility index (Phi) is 2.52. The van der Waals surface area contributed by atoms with E-state index in [9.17, 15) is 4.79 Å². The first-order valence-electron chi connectivity index (χ1n) is 5.04. The third-order valence-electron chi connectivity index (χ3n) is 2.76. The molecule has 1 saturated heterocycles. The lowest BCUT2D eigenvalue weighted by Gasteiger charge is -2.21. The van der Waals surface area contributed by atoms with Gasteiger partial charge in [0, 0.05) is 18.7 Å². The summed E-state index contributed by atoms with van der Waals surface area (Å²) in [5.41, 5.74) is 0. The van der Waals surface area contributed by atoms with Crippen molar-refractivity contribution in [3.63, 3.8) is 0 Å². The Morgan fingerprint density at radius 2 is 2.64 bits per heavy atom. The van der Waals surface area contributed by atoms with E-state index in [1.807, 2.05) is 4.90 Å². The number of hydrogen-bond acceptors (Lipinski definition) is 3. The topological polar surface area (TPSA) is 46.3 Å². The van der Waals surface area contributed by atoms with Gasteiger partial charge in [-0.2, -0.15) is 0 Å². The normalized spacial score (nSPS) is 21.5.